The number of hydrogen-bond donors (Lipinski definition) is 1. The van der Waals surface area contributed by atoms with Crippen LogP contribution in [-0.4, -0.2) is 23.9 Å². The van der Waals surface area contributed by atoms with Crippen molar-refractivity contribution in [3.05, 3.63) is 109 Å². The molecule has 0 aliphatic heterocycles. The SMILES string of the molecule is CCC(CC)C(=O)/C=C(\O)C(CC)CC.C[Si](C)(C)c1ccc(-c2ccc3c(-c4[c-]c5ccccc5c(C#N)c4)nccc3c2)cc1.[Ir]. The maximum atomic E-state index is 11.7. The molecule has 0 aliphatic rings. The summed E-state index contributed by atoms with van der Waals surface area (Å²) in [5, 5.41) is 24.9. The number of ketones is 1. The monoisotopic (exact) mass is 832 g/mol. The minimum absolute atomic E-state index is 0. The summed E-state index contributed by atoms with van der Waals surface area (Å²) in [6, 6.07) is 33.1. The van der Waals surface area contributed by atoms with E-state index < -0.39 is 8.07 Å². The Morgan fingerprint density at radius 1 is 0.854 bits per heavy atom. The van der Waals surface area contributed by atoms with E-state index >= 15 is 0 Å². The topological polar surface area (TPSA) is 74.0 Å². The van der Waals surface area contributed by atoms with Gasteiger partial charge in [-0.05, 0) is 65.3 Å². The maximum absolute atomic E-state index is 11.7. The van der Waals surface area contributed by atoms with Gasteiger partial charge < -0.3 is 5.11 Å². The average molecular weight is 832 g/mol. The largest absolute Gasteiger partial charge is 0.512 e. The van der Waals surface area contributed by atoms with E-state index in [-0.39, 0.29) is 43.5 Å². The van der Waals surface area contributed by atoms with Crippen molar-refractivity contribution in [2.75, 3.05) is 0 Å². The number of aliphatic hydroxyl groups excluding tert-OH is 1. The second-order valence-electron chi connectivity index (χ2n) is 13.2. The zero-order valence-electron chi connectivity index (χ0n) is 29.2. The zero-order valence-corrected chi connectivity index (χ0v) is 32.6. The van der Waals surface area contributed by atoms with Gasteiger partial charge in [0.05, 0.1) is 19.9 Å². The van der Waals surface area contributed by atoms with Crippen LogP contribution < -0.4 is 5.19 Å². The number of allylic oxidation sites excluding steroid dienone is 2. The van der Waals surface area contributed by atoms with E-state index in [1.54, 1.807) is 0 Å². The molecule has 251 valence electrons. The number of aliphatic hydroxyl groups is 1. The fraction of sp³-hybridized carbons (Fsp3) is 0.310. The molecule has 0 amide bonds. The number of nitriles is 1. The number of aromatic nitrogens is 1. The van der Waals surface area contributed by atoms with Gasteiger partial charge in [-0.2, -0.15) is 5.26 Å². The molecule has 48 heavy (non-hydrogen) atoms. The molecule has 0 fully saturated rings. The van der Waals surface area contributed by atoms with Crippen molar-refractivity contribution >= 4 is 40.6 Å². The number of benzene rings is 4. The Morgan fingerprint density at radius 3 is 2.08 bits per heavy atom. The zero-order chi connectivity index (χ0) is 34.1. The van der Waals surface area contributed by atoms with Crippen molar-refractivity contribution in [2.24, 2.45) is 11.8 Å². The molecular formula is C42H47IrN2O2Si-. The fourth-order valence-electron chi connectivity index (χ4n) is 5.96. The molecule has 0 unspecified atom stereocenters. The van der Waals surface area contributed by atoms with E-state index in [1.165, 1.54) is 22.4 Å². The van der Waals surface area contributed by atoms with Gasteiger partial charge >= 0.3 is 0 Å². The molecule has 5 rings (SSSR count). The molecule has 1 radical (unpaired) electrons. The molecule has 0 saturated carbocycles. The summed E-state index contributed by atoms with van der Waals surface area (Å²) < 4.78 is 0. The molecule has 4 nitrogen and oxygen atoms in total. The first-order chi connectivity index (χ1) is 22.5. The molecule has 0 spiro atoms. The Morgan fingerprint density at radius 2 is 1.48 bits per heavy atom. The summed E-state index contributed by atoms with van der Waals surface area (Å²) in [6.07, 6.45) is 6.74. The van der Waals surface area contributed by atoms with Gasteiger partial charge in [0.25, 0.3) is 0 Å². The molecule has 1 heterocycles. The predicted molar refractivity (Wildman–Crippen MR) is 201 cm³/mol. The first kappa shape index (κ1) is 38.6. The van der Waals surface area contributed by atoms with Gasteiger partial charge in [0, 0.05) is 49.9 Å². The van der Waals surface area contributed by atoms with Crippen LogP contribution >= 0.6 is 0 Å². The Labute approximate surface area is 301 Å². The number of fused-ring (bicyclic) bond motifs is 2. The number of pyridine rings is 1. The van der Waals surface area contributed by atoms with Crippen LogP contribution in [0.3, 0.4) is 0 Å². The number of hydrogen-bond acceptors (Lipinski definition) is 4. The van der Waals surface area contributed by atoms with Crippen molar-refractivity contribution in [3.8, 4) is 28.5 Å². The molecule has 0 atom stereocenters. The van der Waals surface area contributed by atoms with E-state index in [0.717, 1.165) is 58.5 Å². The van der Waals surface area contributed by atoms with Gasteiger partial charge in [-0.15, -0.1) is 23.6 Å². The van der Waals surface area contributed by atoms with Crippen molar-refractivity contribution in [1.29, 1.82) is 5.26 Å². The first-order valence-electron chi connectivity index (χ1n) is 16.8. The standard InChI is InChI=1S/C29H23N2Si.C13H24O2.Ir/c1-32(2,3)26-11-8-20(9-12-26)21-10-13-28-23(16-21)14-15-31-29(28)24-17-22-6-4-5-7-27(22)25(18-24)19-30;1-5-10(6-2)12(14)9-13(15)11(7-3)8-4;/h4-16,18H,1-3H3;9-11,14H,5-8H2,1-4H3;/q-1;;/b;12-9-;. The van der Waals surface area contributed by atoms with Gasteiger partial charge in [0.1, 0.15) is 0 Å². The maximum Gasteiger partial charge on any atom is 0.162 e. The van der Waals surface area contributed by atoms with Gasteiger partial charge in [-0.1, -0.05) is 118 Å². The summed E-state index contributed by atoms with van der Waals surface area (Å²) in [6.45, 7) is 15.2. The fourth-order valence-corrected chi connectivity index (χ4v) is 7.13. The Hall–Kier alpha value is -3.88. The molecular weight excluding hydrogens is 785 g/mol. The van der Waals surface area contributed by atoms with Crippen LogP contribution in [0, 0.1) is 29.2 Å². The molecule has 5 aromatic rings. The third-order valence-electron chi connectivity index (χ3n) is 9.08. The van der Waals surface area contributed by atoms with Crippen LogP contribution in [-0.2, 0) is 24.9 Å². The van der Waals surface area contributed by atoms with Crippen LogP contribution in [0.1, 0.15) is 58.9 Å². The molecule has 0 bridgehead atoms. The van der Waals surface area contributed by atoms with Crippen LogP contribution in [0.15, 0.2) is 96.9 Å². The van der Waals surface area contributed by atoms with Crippen molar-refractivity contribution in [3.63, 3.8) is 0 Å². The molecule has 0 saturated heterocycles. The van der Waals surface area contributed by atoms with E-state index in [4.69, 9.17) is 0 Å². The third kappa shape index (κ3) is 9.17. The van der Waals surface area contributed by atoms with E-state index in [1.807, 2.05) is 70.3 Å². The number of carbonyl (C=O) groups excluding carboxylic acids is 1. The summed E-state index contributed by atoms with van der Waals surface area (Å²) >= 11 is 0. The molecule has 1 aromatic heterocycles. The molecule has 6 heteroatoms. The smallest absolute Gasteiger partial charge is 0.162 e. The van der Waals surface area contributed by atoms with Crippen LogP contribution in [0.5, 0.6) is 0 Å². The molecule has 4 aromatic carbocycles. The second-order valence-corrected chi connectivity index (χ2v) is 18.3. The quantitative estimate of drug-likeness (QED) is 0.0658. The van der Waals surface area contributed by atoms with Gasteiger partial charge in [-0.25, -0.2) is 0 Å². The minimum Gasteiger partial charge on any atom is -0.512 e. The van der Waals surface area contributed by atoms with E-state index in [2.05, 4.69) is 79.2 Å². The van der Waals surface area contributed by atoms with E-state index in [9.17, 15) is 15.2 Å². The minimum atomic E-state index is -1.31. The number of carbonyl (C=O) groups is 1. The van der Waals surface area contributed by atoms with Gasteiger partial charge in [0.2, 0.25) is 0 Å². The summed E-state index contributed by atoms with van der Waals surface area (Å²) in [5.41, 5.74) is 4.75. The third-order valence-corrected chi connectivity index (χ3v) is 11.1. The normalized spacial score (nSPS) is 11.6. The first-order valence-corrected chi connectivity index (χ1v) is 20.3. The Kier molecular flexibility index (Phi) is 14.1. The summed E-state index contributed by atoms with van der Waals surface area (Å²) in [7, 11) is -1.31. The summed E-state index contributed by atoms with van der Waals surface area (Å²) in [4.78, 5) is 16.4. The Bertz CT molecular complexity index is 1910. The van der Waals surface area contributed by atoms with Crippen molar-refractivity contribution in [1.82, 2.24) is 4.98 Å². The summed E-state index contributed by atoms with van der Waals surface area (Å²) in [5.74, 6) is 0.547. The van der Waals surface area contributed by atoms with Crippen LogP contribution in [0.2, 0.25) is 19.6 Å². The van der Waals surface area contributed by atoms with Crippen molar-refractivity contribution < 1.29 is 30.0 Å². The molecule has 1 N–H and O–H groups in total. The predicted octanol–water partition coefficient (Wildman–Crippen LogP) is 10.8. The van der Waals surface area contributed by atoms with Crippen LogP contribution in [0.4, 0.5) is 0 Å². The second kappa shape index (κ2) is 17.5. The van der Waals surface area contributed by atoms with Crippen molar-refractivity contribution in [2.45, 2.75) is 73.0 Å². The average Bonchev–Trinajstić information content (AvgIpc) is 3.08. The van der Waals surface area contributed by atoms with Gasteiger partial charge in [0.15, 0.2) is 5.78 Å². The number of rotatable bonds is 10. The van der Waals surface area contributed by atoms with E-state index in [0.29, 0.717) is 5.56 Å². The molecule has 0 aliphatic carbocycles. The Balaban J connectivity index is 0.000000334. The number of nitrogens with zero attached hydrogens (tertiary/aromatic N) is 2. The van der Waals surface area contributed by atoms with Crippen LogP contribution in [0.25, 0.3) is 43.9 Å². The van der Waals surface area contributed by atoms with Gasteiger partial charge in [-0.3, -0.25) is 9.78 Å².